The fourth-order valence-corrected chi connectivity index (χ4v) is 2.19. The van der Waals surface area contributed by atoms with Crippen LogP contribution in [0.5, 0.6) is 0 Å². The highest BCUT2D eigenvalue weighted by Gasteiger charge is 2.18. The van der Waals surface area contributed by atoms with Crippen LogP contribution in [-0.2, 0) is 0 Å². The number of nitrogens with one attached hydrogen (secondary N) is 1. The van der Waals surface area contributed by atoms with Gasteiger partial charge in [-0.25, -0.2) is 17.6 Å². The zero-order chi connectivity index (χ0) is 15.7. The summed E-state index contributed by atoms with van der Waals surface area (Å²) in [6.45, 7) is 0. The van der Waals surface area contributed by atoms with E-state index in [0.29, 0.717) is 0 Å². The van der Waals surface area contributed by atoms with E-state index in [1.165, 1.54) is 0 Å². The molecule has 0 saturated carbocycles. The Morgan fingerprint density at radius 2 is 1.62 bits per heavy atom. The molecule has 0 aliphatic rings. The molecule has 3 N–H and O–H groups in total. The molecular weight excluding hydrogens is 372 g/mol. The molecule has 2 nitrogen and oxygen atoms in total. The first-order chi connectivity index (χ1) is 9.81. The van der Waals surface area contributed by atoms with Gasteiger partial charge >= 0.3 is 0 Å². The molecule has 0 saturated heterocycles. The number of anilines is 2. The van der Waals surface area contributed by atoms with Gasteiger partial charge < -0.3 is 11.1 Å². The molecule has 0 aromatic heterocycles. The summed E-state index contributed by atoms with van der Waals surface area (Å²) in [6, 6.07) is 4.19. The van der Waals surface area contributed by atoms with Gasteiger partial charge in [-0.2, -0.15) is 0 Å². The number of hydrogen-bond acceptors (Lipinski definition) is 2. The monoisotopic (exact) mass is 378 g/mol. The second-order valence-electron chi connectivity index (χ2n) is 4.02. The molecule has 0 fully saturated rings. The van der Waals surface area contributed by atoms with Crippen LogP contribution in [-0.4, -0.2) is 4.99 Å². The molecule has 0 aliphatic heterocycles. The summed E-state index contributed by atoms with van der Waals surface area (Å²) < 4.78 is 55.0. The van der Waals surface area contributed by atoms with Crippen molar-refractivity contribution in [3.05, 3.63) is 57.6 Å². The average molecular weight is 379 g/mol. The molecule has 0 spiro atoms. The van der Waals surface area contributed by atoms with Crippen molar-refractivity contribution in [1.29, 1.82) is 0 Å². The maximum atomic E-state index is 13.8. The van der Waals surface area contributed by atoms with Crippen molar-refractivity contribution >= 4 is 44.5 Å². The van der Waals surface area contributed by atoms with Crippen molar-refractivity contribution < 1.29 is 17.6 Å². The van der Waals surface area contributed by atoms with E-state index in [9.17, 15) is 17.6 Å². The van der Waals surface area contributed by atoms with Crippen LogP contribution in [0.4, 0.5) is 28.9 Å². The van der Waals surface area contributed by atoms with Crippen molar-refractivity contribution in [2.24, 2.45) is 5.73 Å². The summed E-state index contributed by atoms with van der Waals surface area (Å²) in [6.07, 6.45) is 0. The predicted octanol–water partition coefficient (Wildman–Crippen LogP) is 4.38. The van der Waals surface area contributed by atoms with E-state index in [1.54, 1.807) is 0 Å². The van der Waals surface area contributed by atoms with E-state index in [-0.39, 0.29) is 15.0 Å². The maximum absolute atomic E-state index is 13.8. The number of halogens is 5. The van der Waals surface area contributed by atoms with Crippen LogP contribution in [0.3, 0.4) is 0 Å². The molecule has 0 heterocycles. The van der Waals surface area contributed by atoms with E-state index in [4.69, 9.17) is 5.73 Å². The van der Waals surface area contributed by atoms with Gasteiger partial charge in [0, 0.05) is 10.0 Å². The molecule has 0 atom stereocenters. The van der Waals surface area contributed by atoms with E-state index in [0.717, 1.165) is 24.3 Å². The Hall–Kier alpha value is -1.67. The second-order valence-corrected chi connectivity index (χ2v) is 5.38. The number of nitrogens with two attached hydrogens (primary N) is 1. The number of hydrogen-bond donors (Lipinski definition) is 2. The van der Waals surface area contributed by atoms with Gasteiger partial charge in [0.25, 0.3) is 0 Å². The van der Waals surface area contributed by atoms with Crippen LogP contribution in [0.1, 0.15) is 5.56 Å². The van der Waals surface area contributed by atoms with E-state index >= 15 is 0 Å². The summed E-state index contributed by atoms with van der Waals surface area (Å²) in [5, 5.41) is 2.17. The number of benzene rings is 2. The molecule has 2 rings (SSSR count). The normalized spacial score (nSPS) is 10.5. The SMILES string of the molecule is NC(=S)c1ccc(Nc2c(F)cc(Br)cc2F)c(F)c1F. The number of thiocarbonyl (C=S) groups is 1. The molecule has 0 bridgehead atoms. The van der Waals surface area contributed by atoms with E-state index in [1.807, 2.05) is 0 Å². The van der Waals surface area contributed by atoms with Crippen LogP contribution in [0.25, 0.3) is 0 Å². The van der Waals surface area contributed by atoms with Gasteiger partial charge in [0.1, 0.15) is 10.7 Å². The van der Waals surface area contributed by atoms with Gasteiger partial charge in [-0.1, -0.05) is 28.1 Å². The Bertz CT molecular complexity index is 713. The smallest absolute Gasteiger partial charge is 0.182 e. The summed E-state index contributed by atoms with van der Waals surface area (Å²) in [5.41, 5.74) is 3.91. The third kappa shape index (κ3) is 3.16. The lowest BCUT2D eigenvalue weighted by Gasteiger charge is -2.12. The van der Waals surface area contributed by atoms with Crippen molar-refractivity contribution in [2.45, 2.75) is 0 Å². The fraction of sp³-hybridized carbons (Fsp3) is 0. The van der Waals surface area contributed by atoms with Gasteiger partial charge in [-0.3, -0.25) is 0 Å². The average Bonchev–Trinajstić information content (AvgIpc) is 2.38. The Morgan fingerprint density at radius 1 is 1.05 bits per heavy atom. The molecular formula is C13H7BrF4N2S. The maximum Gasteiger partial charge on any atom is 0.182 e. The Morgan fingerprint density at radius 3 is 2.14 bits per heavy atom. The Labute approximate surface area is 131 Å². The van der Waals surface area contributed by atoms with Crippen molar-refractivity contribution in [3.8, 4) is 0 Å². The zero-order valence-electron chi connectivity index (χ0n) is 10.2. The molecule has 0 radical (unpaired) electrons. The second kappa shape index (κ2) is 5.98. The molecule has 2 aromatic rings. The largest absolute Gasteiger partial charge is 0.389 e. The lowest BCUT2D eigenvalue weighted by Crippen LogP contribution is -2.13. The lowest BCUT2D eigenvalue weighted by atomic mass is 10.1. The standard InChI is InChI=1S/C13H7BrF4N2S/c14-5-3-7(15)12(8(16)4-5)20-9-2-1-6(13(19)21)10(17)11(9)18/h1-4,20H,(H2,19,21). The summed E-state index contributed by atoms with van der Waals surface area (Å²) in [7, 11) is 0. The van der Waals surface area contributed by atoms with Gasteiger partial charge in [0.05, 0.1) is 5.69 Å². The third-order valence-electron chi connectivity index (χ3n) is 2.61. The molecule has 110 valence electrons. The first-order valence-corrected chi connectivity index (χ1v) is 6.70. The highest BCUT2D eigenvalue weighted by Crippen LogP contribution is 2.29. The quantitative estimate of drug-likeness (QED) is 0.614. The van der Waals surface area contributed by atoms with E-state index < -0.39 is 34.6 Å². The van der Waals surface area contributed by atoms with Crippen LogP contribution in [0.15, 0.2) is 28.7 Å². The van der Waals surface area contributed by atoms with Crippen LogP contribution < -0.4 is 11.1 Å². The van der Waals surface area contributed by atoms with Gasteiger partial charge in [0.2, 0.25) is 0 Å². The lowest BCUT2D eigenvalue weighted by molar-refractivity contribution is 0.510. The van der Waals surface area contributed by atoms with Crippen molar-refractivity contribution in [3.63, 3.8) is 0 Å². The zero-order valence-corrected chi connectivity index (χ0v) is 12.6. The minimum Gasteiger partial charge on any atom is -0.389 e. The molecule has 2 aromatic carbocycles. The number of rotatable bonds is 3. The highest BCUT2D eigenvalue weighted by molar-refractivity contribution is 9.10. The van der Waals surface area contributed by atoms with Crippen molar-refractivity contribution in [2.75, 3.05) is 5.32 Å². The summed E-state index contributed by atoms with van der Waals surface area (Å²) in [4.78, 5) is -0.320. The molecule has 0 unspecified atom stereocenters. The van der Waals surface area contributed by atoms with E-state index in [2.05, 4.69) is 33.5 Å². The van der Waals surface area contributed by atoms with Crippen LogP contribution in [0, 0.1) is 23.3 Å². The molecule has 0 amide bonds. The van der Waals surface area contributed by atoms with Gasteiger partial charge in [0.15, 0.2) is 23.3 Å². The first-order valence-electron chi connectivity index (χ1n) is 5.50. The highest BCUT2D eigenvalue weighted by atomic mass is 79.9. The Balaban J connectivity index is 2.46. The molecule has 0 aliphatic carbocycles. The van der Waals surface area contributed by atoms with Crippen molar-refractivity contribution in [1.82, 2.24) is 0 Å². The summed E-state index contributed by atoms with van der Waals surface area (Å²) in [5.74, 6) is -4.53. The fourth-order valence-electron chi connectivity index (χ4n) is 1.63. The topological polar surface area (TPSA) is 38.0 Å². The minimum absolute atomic E-state index is 0.179. The first kappa shape index (κ1) is 15.7. The molecule has 8 heteroatoms. The Kier molecular flexibility index (Phi) is 4.48. The third-order valence-corrected chi connectivity index (χ3v) is 3.29. The summed E-state index contributed by atoms with van der Waals surface area (Å²) >= 11 is 7.48. The van der Waals surface area contributed by atoms with Gasteiger partial charge in [-0.05, 0) is 24.3 Å². The minimum atomic E-state index is -1.33. The molecule has 21 heavy (non-hydrogen) atoms. The predicted molar refractivity (Wildman–Crippen MR) is 79.6 cm³/mol. The van der Waals surface area contributed by atoms with Crippen LogP contribution >= 0.6 is 28.1 Å². The van der Waals surface area contributed by atoms with Crippen LogP contribution in [0.2, 0.25) is 0 Å². The van der Waals surface area contributed by atoms with Gasteiger partial charge in [-0.15, -0.1) is 0 Å².